The van der Waals surface area contributed by atoms with Crippen molar-refractivity contribution in [3.63, 3.8) is 0 Å². The molecule has 2 unspecified atom stereocenters. The van der Waals surface area contributed by atoms with Gasteiger partial charge in [0.1, 0.15) is 5.75 Å². The molecule has 1 N–H and O–H groups in total. The molecule has 4 heteroatoms. The lowest BCUT2D eigenvalue weighted by molar-refractivity contribution is 0.0941. The van der Waals surface area contributed by atoms with Gasteiger partial charge in [0.05, 0.1) is 19.3 Å². The average molecular weight is 329 g/mol. The molecular weight excluding hydrogens is 308 g/mol. The van der Waals surface area contributed by atoms with Crippen LogP contribution in [0, 0.1) is 0 Å². The first-order chi connectivity index (χ1) is 9.20. The van der Waals surface area contributed by atoms with E-state index in [1.165, 1.54) is 6.42 Å². The number of methoxy groups -OCH3 is 1. The van der Waals surface area contributed by atoms with E-state index in [0.29, 0.717) is 6.10 Å². The molecule has 1 heterocycles. The standard InChI is InChI=1S/C15H21BrO3/c1-18-15-8-7-11(16)10-13(15)14(17)6-2-4-12-5-3-9-19-12/h7-8,10,12,14,17H,2-6,9H2,1H3. The Hall–Kier alpha value is -0.580. The summed E-state index contributed by atoms with van der Waals surface area (Å²) in [7, 11) is 1.63. The fourth-order valence-electron chi connectivity index (χ4n) is 2.53. The lowest BCUT2D eigenvalue weighted by Crippen LogP contribution is -2.06. The van der Waals surface area contributed by atoms with Crippen LogP contribution < -0.4 is 4.74 Å². The smallest absolute Gasteiger partial charge is 0.124 e. The van der Waals surface area contributed by atoms with E-state index in [-0.39, 0.29) is 0 Å². The molecule has 0 radical (unpaired) electrons. The van der Waals surface area contributed by atoms with Crippen LogP contribution in [0.25, 0.3) is 0 Å². The van der Waals surface area contributed by atoms with Crippen LogP contribution in [-0.2, 0) is 4.74 Å². The van der Waals surface area contributed by atoms with E-state index in [1.54, 1.807) is 7.11 Å². The molecule has 0 amide bonds. The Labute approximate surface area is 123 Å². The van der Waals surface area contributed by atoms with E-state index < -0.39 is 6.10 Å². The molecule has 1 aliphatic heterocycles. The topological polar surface area (TPSA) is 38.7 Å². The molecule has 1 aromatic rings. The zero-order valence-electron chi connectivity index (χ0n) is 11.3. The van der Waals surface area contributed by atoms with Crippen molar-refractivity contribution in [1.82, 2.24) is 0 Å². The van der Waals surface area contributed by atoms with Gasteiger partial charge in [-0.2, -0.15) is 0 Å². The molecular formula is C15H21BrO3. The van der Waals surface area contributed by atoms with Crippen molar-refractivity contribution in [2.75, 3.05) is 13.7 Å². The minimum absolute atomic E-state index is 0.400. The average Bonchev–Trinajstić information content (AvgIpc) is 2.91. The molecule has 1 aliphatic rings. The lowest BCUT2D eigenvalue weighted by Gasteiger charge is -2.16. The van der Waals surface area contributed by atoms with E-state index in [1.807, 2.05) is 18.2 Å². The quantitative estimate of drug-likeness (QED) is 0.862. The van der Waals surface area contributed by atoms with Crippen molar-refractivity contribution in [1.29, 1.82) is 0 Å². The van der Waals surface area contributed by atoms with E-state index in [2.05, 4.69) is 15.9 Å². The summed E-state index contributed by atoms with van der Waals surface area (Å²) in [5.41, 5.74) is 0.851. The Morgan fingerprint density at radius 1 is 1.53 bits per heavy atom. The highest BCUT2D eigenvalue weighted by Gasteiger charge is 2.17. The van der Waals surface area contributed by atoms with Gasteiger partial charge in [-0.05, 0) is 50.3 Å². The molecule has 1 saturated heterocycles. The van der Waals surface area contributed by atoms with Gasteiger partial charge in [-0.1, -0.05) is 15.9 Å². The van der Waals surface area contributed by atoms with Crippen LogP contribution >= 0.6 is 15.9 Å². The van der Waals surface area contributed by atoms with Crippen LogP contribution in [0.15, 0.2) is 22.7 Å². The number of halogens is 1. The molecule has 2 rings (SSSR count). The highest BCUT2D eigenvalue weighted by molar-refractivity contribution is 9.10. The molecule has 19 heavy (non-hydrogen) atoms. The van der Waals surface area contributed by atoms with Crippen molar-refractivity contribution >= 4 is 15.9 Å². The van der Waals surface area contributed by atoms with Gasteiger partial charge in [0.25, 0.3) is 0 Å². The van der Waals surface area contributed by atoms with Crippen molar-refractivity contribution in [2.24, 2.45) is 0 Å². The maximum Gasteiger partial charge on any atom is 0.124 e. The van der Waals surface area contributed by atoms with Crippen LogP contribution in [0.2, 0.25) is 0 Å². The van der Waals surface area contributed by atoms with Crippen LogP contribution in [0.4, 0.5) is 0 Å². The fourth-order valence-corrected chi connectivity index (χ4v) is 2.91. The van der Waals surface area contributed by atoms with Gasteiger partial charge in [-0.3, -0.25) is 0 Å². The number of hydrogen-bond donors (Lipinski definition) is 1. The molecule has 0 saturated carbocycles. The van der Waals surface area contributed by atoms with Crippen LogP contribution in [0.3, 0.4) is 0 Å². The second-order valence-electron chi connectivity index (χ2n) is 4.97. The largest absolute Gasteiger partial charge is 0.496 e. The number of hydrogen-bond acceptors (Lipinski definition) is 3. The van der Waals surface area contributed by atoms with Gasteiger partial charge < -0.3 is 14.6 Å². The normalized spacial score (nSPS) is 20.5. The van der Waals surface area contributed by atoms with Gasteiger partial charge >= 0.3 is 0 Å². The first kappa shape index (κ1) is 14.8. The predicted octanol–water partition coefficient (Wildman–Crippen LogP) is 3.84. The number of rotatable bonds is 6. The summed E-state index contributed by atoms with van der Waals surface area (Å²) in [5, 5.41) is 10.3. The third kappa shape index (κ3) is 4.20. The van der Waals surface area contributed by atoms with Crippen LogP contribution in [0.5, 0.6) is 5.75 Å². The van der Waals surface area contributed by atoms with Gasteiger partial charge in [-0.25, -0.2) is 0 Å². The molecule has 0 aromatic heterocycles. The molecule has 106 valence electrons. The fraction of sp³-hybridized carbons (Fsp3) is 0.600. The Kier molecular flexibility index (Phi) is 5.67. The first-order valence-corrected chi connectivity index (χ1v) is 7.63. The van der Waals surface area contributed by atoms with Crippen molar-refractivity contribution < 1.29 is 14.6 Å². The second-order valence-corrected chi connectivity index (χ2v) is 5.88. The minimum Gasteiger partial charge on any atom is -0.496 e. The van der Waals surface area contributed by atoms with E-state index >= 15 is 0 Å². The van der Waals surface area contributed by atoms with E-state index in [9.17, 15) is 5.11 Å². The molecule has 1 aromatic carbocycles. The number of ether oxygens (including phenoxy) is 2. The minimum atomic E-state index is -0.478. The summed E-state index contributed by atoms with van der Waals surface area (Å²) < 4.78 is 11.8. The Morgan fingerprint density at radius 3 is 3.05 bits per heavy atom. The van der Waals surface area contributed by atoms with Crippen LogP contribution in [-0.4, -0.2) is 24.9 Å². The highest BCUT2D eigenvalue weighted by atomic mass is 79.9. The monoisotopic (exact) mass is 328 g/mol. The third-order valence-electron chi connectivity index (χ3n) is 3.58. The Balaban J connectivity index is 1.87. The summed E-state index contributed by atoms with van der Waals surface area (Å²) >= 11 is 3.43. The van der Waals surface area contributed by atoms with Gasteiger partial charge in [0.15, 0.2) is 0 Å². The zero-order chi connectivity index (χ0) is 13.7. The SMILES string of the molecule is COc1ccc(Br)cc1C(O)CCCC1CCCO1. The maximum atomic E-state index is 10.3. The molecule has 0 aliphatic carbocycles. The van der Waals surface area contributed by atoms with E-state index in [0.717, 1.165) is 48.1 Å². The summed E-state index contributed by atoms with van der Waals surface area (Å²) in [6.45, 7) is 0.896. The summed E-state index contributed by atoms with van der Waals surface area (Å²) in [6, 6.07) is 5.72. The molecule has 1 fully saturated rings. The van der Waals surface area contributed by atoms with Crippen molar-refractivity contribution in [2.45, 2.75) is 44.3 Å². The predicted molar refractivity (Wildman–Crippen MR) is 78.5 cm³/mol. The Bertz CT molecular complexity index is 402. The number of aliphatic hydroxyl groups is 1. The van der Waals surface area contributed by atoms with E-state index in [4.69, 9.17) is 9.47 Å². The van der Waals surface area contributed by atoms with Crippen molar-refractivity contribution in [3.8, 4) is 5.75 Å². The number of aliphatic hydroxyl groups excluding tert-OH is 1. The molecule has 3 nitrogen and oxygen atoms in total. The third-order valence-corrected chi connectivity index (χ3v) is 4.07. The summed E-state index contributed by atoms with van der Waals surface area (Å²) in [6.07, 6.45) is 5.01. The van der Waals surface area contributed by atoms with Gasteiger partial charge in [0, 0.05) is 16.6 Å². The van der Waals surface area contributed by atoms with Gasteiger partial charge in [-0.15, -0.1) is 0 Å². The lowest BCUT2D eigenvalue weighted by atomic mass is 10.0. The second kappa shape index (κ2) is 7.27. The molecule has 0 bridgehead atoms. The van der Waals surface area contributed by atoms with Gasteiger partial charge in [0.2, 0.25) is 0 Å². The first-order valence-electron chi connectivity index (χ1n) is 6.84. The Morgan fingerprint density at radius 2 is 2.37 bits per heavy atom. The number of benzene rings is 1. The summed E-state index contributed by atoms with van der Waals surface area (Å²) in [5.74, 6) is 0.743. The molecule has 0 spiro atoms. The maximum absolute atomic E-state index is 10.3. The van der Waals surface area contributed by atoms with Crippen molar-refractivity contribution in [3.05, 3.63) is 28.2 Å². The zero-order valence-corrected chi connectivity index (χ0v) is 12.9. The highest BCUT2D eigenvalue weighted by Crippen LogP contribution is 2.31. The van der Waals surface area contributed by atoms with Crippen LogP contribution in [0.1, 0.15) is 43.8 Å². The molecule has 2 atom stereocenters. The summed E-state index contributed by atoms with van der Waals surface area (Å²) in [4.78, 5) is 0.